The van der Waals surface area contributed by atoms with Crippen LogP contribution in [0.3, 0.4) is 0 Å². The summed E-state index contributed by atoms with van der Waals surface area (Å²) < 4.78 is 5.40. The van der Waals surface area contributed by atoms with Crippen molar-refractivity contribution in [2.24, 2.45) is 0 Å². The van der Waals surface area contributed by atoms with Gasteiger partial charge in [-0.05, 0) is 31.0 Å². The van der Waals surface area contributed by atoms with E-state index in [1.807, 2.05) is 38.1 Å². The second kappa shape index (κ2) is 5.73. The molecule has 0 saturated carbocycles. The van der Waals surface area contributed by atoms with Crippen molar-refractivity contribution < 1.29 is 9.53 Å². The number of hydrogen-bond acceptors (Lipinski definition) is 3. The molecule has 0 radical (unpaired) electrons. The number of rotatable bonds is 5. The Bertz CT molecular complexity index is 470. The number of carbonyl (C=O) groups excluding carboxylic acids is 1. The predicted molar refractivity (Wildman–Crippen MR) is 73.6 cm³/mol. The summed E-state index contributed by atoms with van der Waals surface area (Å²) in [7, 11) is 0. The number of ether oxygens (including phenoxy) is 1. The first-order valence-corrected chi connectivity index (χ1v) is 6.56. The summed E-state index contributed by atoms with van der Waals surface area (Å²) in [6, 6.07) is 7.08. The van der Waals surface area contributed by atoms with Gasteiger partial charge >= 0.3 is 6.03 Å². The monoisotopic (exact) mass is 261 g/mol. The molecule has 0 bridgehead atoms. The van der Waals surface area contributed by atoms with Crippen LogP contribution in [0.5, 0.6) is 5.75 Å². The van der Waals surface area contributed by atoms with Gasteiger partial charge in [0.2, 0.25) is 0 Å². The number of urea groups is 1. The Balaban J connectivity index is 2.22. The van der Waals surface area contributed by atoms with Crippen LogP contribution in [0.25, 0.3) is 0 Å². The summed E-state index contributed by atoms with van der Waals surface area (Å²) in [5, 5.41) is 10.5. The first-order chi connectivity index (χ1) is 9.17. The van der Waals surface area contributed by atoms with Gasteiger partial charge in [-0.25, -0.2) is 4.79 Å². The number of carbonyl (C=O) groups is 1. The Kier molecular flexibility index (Phi) is 4.04. The van der Waals surface area contributed by atoms with Crippen LogP contribution in [0.15, 0.2) is 24.3 Å². The molecule has 2 rings (SSSR count). The van der Waals surface area contributed by atoms with Crippen molar-refractivity contribution in [2.45, 2.75) is 26.3 Å². The van der Waals surface area contributed by atoms with Gasteiger partial charge in [0.05, 0.1) is 6.61 Å². The predicted octanol–water partition coefficient (Wildman–Crippen LogP) is 2.54. The molecule has 1 aromatic rings. The van der Waals surface area contributed by atoms with E-state index >= 15 is 0 Å². The van der Waals surface area contributed by atoms with Gasteiger partial charge in [-0.1, -0.05) is 19.1 Å². The van der Waals surface area contributed by atoms with E-state index in [-0.39, 0.29) is 17.9 Å². The molecule has 1 saturated heterocycles. The lowest BCUT2D eigenvalue weighted by molar-refractivity contribution is 0.206. The minimum Gasteiger partial charge on any atom is -0.494 e. The number of hydrogen-bond donors (Lipinski definition) is 2. The highest BCUT2D eigenvalue weighted by Crippen LogP contribution is 2.27. The third-order valence-corrected chi connectivity index (χ3v) is 3.06. The first-order valence-electron chi connectivity index (χ1n) is 6.56. The Labute approximate surface area is 113 Å². The van der Waals surface area contributed by atoms with E-state index in [0.29, 0.717) is 13.2 Å². The summed E-state index contributed by atoms with van der Waals surface area (Å²) >= 11 is 0. The van der Waals surface area contributed by atoms with Gasteiger partial charge in [0.1, 0.15) is 17.6 Å². The van der Waals surface area contributed by atoms with E-state index in [0.717, 1.165) is 17.7 Å². The molecule has 102 valence electrons. The molecule has 19 heavy (non-hydrogen) atoms. The van der Waals surface area contributed by atoms with Crippen LogP contribution in [0.1, 0.15) is 31.9 Å². The molecule has 5 heteroatoms. The van der Waals surface area contributed by atoms with Crippen LogP contribution in [0.2, 0.25) is 0 Å². The molecule has 1 unspecified atom stereocenters. The van der Waals surface area contributed by atoms with Crippen LogP contribution in [0, 0.1) is 5.41 Å². The number of nitrogens with zero attached hydrogens (tertiary/aromatic N) is 1. The SMILES string of the molecule is CCCN1C(=O)NC(=N)C1c1ccc(OCC)cc1. The molecule has 1 aliphatic rings. The van der Waals surface area contributed by atoms with Crippen LogP contribution < -0.4 is 10.1 Å². The molecular weight excluding hydrogens is 242 g/mol. The van der Waals surface area contributed by atoms with Gasteiger partial charge in [-0.15, -0.1) is 0 Å². The van der Waals surface area contributed by atoms with Crippen LogP contribution in [0.4, 0.5) is 4.79 Å². The average Bonchev–Trinajstić information content (AvgIpc) is 2.67. The van der Waals surface area contributed by atoms with Gasteiger partial charge in [-0.2, -0.15) is 0 Å². The second-order valence-electron chi connectivity index (χ2n) is 4.44. The molecule has 2 N–H and O–H groups in total. The van der Waals surface area contributed by atoms with Crippen LogP contribution >= 0.6 is 0 Å². The van der Waals surface area contributed by atoms with Crippen molar-refractivity contribution in [1.29, 1.82) is 5.41 Å². The maximum absolute atomic E-state index is 11.8. The summed E-state index contributed by atoms with van der Waals surface area (Å²) in [5.41, 5.74) is 0.931. The smallest absolute Gasteiger partial charge is 0.323 e. The lowest BCUT2D eigenvalue weighted by atomic mass is 10.1. The Morgan fingerprint density at radius 3 is 2.58 bits per heavy atom. The van der Waals surface area contributed by atoms with E-state index in [9.17, 15) is 4.79 Å². The zero-order chi connectivity index (χ0) is 13.8. The summed E-state index contributed by atoms with van der Waals surface area (Å²) in [5.74, 6) is 1.04. The molecule has 1 heterocycles. The molecule has 5 nitrogen and oxygen atoms in total. The Hall–Kier alpha value is -2.04. The highest BCUT2D eigenvalue weighted by Gasteiger charge is 2.35. The zero-order valence-corrected chi connectivity index (χ0v) is 11.3. The maximum Gasteiger partial charge on any atom is 0.323 e. The van der Waals surface area contributed by atoms with Crippen LogP contribution in [-0.4, -0.2) is 29.9 Å². The number of amides is 2. The fourth-order valence-corrected chi connectivity index (χ4v) is 2.26. The maximum atomic E-state index is 11.8. The number of benzene rings is 1. The van der Waals surface area contributed by atoms with E-state index in [1.54, 1.807) is 4.90 Å². The van der Waals surface area contributed by atoms with Crippen molar-refractivity contribution in [2.75, 3.05) is 13.2 Å². The van der Waals surface area contributed by atoms with Crippen molar-refractivity contribution in [1.82, 2.24) is 10.2 Å². The minimum atomic E-state index is -0.303. The molecule has 1 atom stereocenters. The van der Waals surface area contributed by atoms with Gasteiger partial charge in [0.25, 0.3) is 0 Å². The highest BCUT2D eigenvalue weighted by atomic mass is 16.5. The number of amidine groups is 1. The van der Waals surface area contributed by atoms with Gasteiger partial charge in [-0.3, -0.25) is 10.7 Å². The van der Waals surface area contributed by atoms with Crippen LogP contribution in [-0.2, 0) is 0 Å². The largest absolute Gasteiger partial charge is 0.494 e. The third kappa shape index (κ3) is 2.70. The third-order valence-electron chi connectivity index (χ3n) is 3.06. The summed E-state index contributed by atoms with van der Waals surface area (Å²) in [4.78, 5) is 13.5. The standard InChI is InChI=1S/C14H19N3O2/c1-3-9-17-12(13(15)16-14(17)18)10-5-7-11(8-6-10)19-4-2/h5-8,12H,3-4,9H2,1-2H3,(H2,15,16,18). The second-order valence-corrected chi connectivity index (χ2v) is 4.44. The van der Waals surface area contributed by atoms with E-state index in [4.69, 9.17) is 10.1 Å². The lowest BCUT2D eigenvalue weighted by Crippen LogP contribution is -2.30. The van der Waals surface area contributed by atoms with Crippen molar-refractivity contribution in [3.63, 3.8) is 0 Å². The van der Waals surface area contributed by atoms with E-state index in [2.05, 4.69) is 5.32 Å². The molecule has 2 amide bonds. The van der Waals surface area contributed by atoms with Crippen molar-refractivity contribution >= 4 is 11.9 Å². The Morgan fingerprint density at radius 2 is 2.00 bits per heavy atom. The zero-order valence-electron chi connectivity index (χ0n) is 11.3. The van der Waals surface area contributed by atoms with Gasteiger partial charge in [0, 0.05) is 6.54 Å². The molecular formula is C14H19N3O2. The Morgan fingerprint density at radius 1 is 1.32 bits per heavy atom. The van der Waals surface area contributed by atoms with Crippen molar-refractivity contribution in [3.8, 4) is 5.75 Å². The highest BCUT2D eigenvalue weighted by molar-refractivity contribution is 6.06. The fraction of sp³-hybridized carbons (Fsp3) is 0.429. The number of nitrogens with one attached hydrogen (secondary N) is 2. The molecule has 1 aliphatic heterocycles. The fourth-order valence-electron chi connectivity index (χ4n) is 2.26. The molecule has 1 aromatic carbocycles. The minimum absolute atomic E-state index is 0.189. The summed E-state index contributed by atoms with van der Waals surface area (Å²) in [6.07, 6.45) is 0.869. The van der Waals surface area contributed by atoms with E-state index < -0.39 is 0 Å². The topological polar surface area (TPSA) is 65.4 Å². The molecule has 0 aromatic heterocycles. The van der Waals surface area contributed by atoms with Gasteiger partial charge in [0.15, 0.2) is 0 Å². The normalized spacial score (nSPS) is 18.6. The quantitative estimate of drug-likeness (QED) is 0.855. The lowest BCUT2D eigenvalue weighted by Gasteiger charge is -2.22. The van der Waals surface area contributed by atoms with Gasteiger partial charge < -0.3 is 9.64 Å². The molecule has 0 aliphatic carbocycles. The summed E-state index contributed by atoms with van der Waals surface area (Å²) in [6.45, 7) is 5.23. The average molecular weight is 261 g/mol. The first kappa shape index (κ1) is 13.4. The van der Waals surface area contributed by atoms with E-state index in [1.165, 1.54) is 0 Å². The van der Waals surface area contributed by atoms with Crippen molar-refractivity contribution in [3.05, 3.63) is 29.8 Å². The molecule has 1 fully saturated rings. The molecule has 0 spiro atoms.